The molecule has 1 amide bonds. The highest BCUT2D eigenvalue weighted by Crippen LogP contribution is 2.26. The molecule has 2 unspecified atom stereocenters. The van der Waals surface area contributed by atoms with Gasteiger partial charge in [-0.3, -0.25) is 4.79 Å². The van der Waals surface area contributed by atoms with Crippen LogP contribution >= 0.6 is 11.3 Å². The Labute approximate surface area is 140 Å². The van der Waals surface area contributed by atoms with Crippen molar-refractivity contribution < 1.29 is 9.90 Å². The standard InChI is InChI=1S/C18H22N2O2S/c1-13-6-5-9-20(15(13)12-21)18(22)16-11-19-17(23-16)10-14-7-3-2-4-8-14/h2-4,7-8,11,13,15,21H,5-6,9-10,12H2,1H3. The lowest BCUT2D eigenvalue weighted by atomic mass is 9.91. The number of hydrogen-bond donors (Lipinski definition) is 1. The molecule has 2 heterocycles. The first-order valence-electron chi connectivity index (χ1n) is 8.09. The molecule has 1 aliphatic heterocycles. The largest absolute Gasteiger partial charge is 0.394 e. The summed E-state index contributed by atoms with van der Waals surface area (Å²) in [5, 5.41) is 10.6. The van der Waals surface area contributed by atoms with Gasteiger partial charge < -0.3 is 10.0 Å². The average molecular weight is 330 g/mol. The number of nitrogens with zero attached hydrogens (tertiary/aromatic N) is 2. The van der Waals surface area contributed by atoms with Crippen molar-refractivity contribution in [2.45, 2.75) is 32.2 Å². The molecule has 2 aromatic rings. The Bertz CT molecular complexity index is 656. The fourth-order valence-electron chi connectivity index (χ4n) is 3.18. The van der Waals surface area contributed by atoms with E-state index in [1.165, 1.54) is 16.9 Å². The van der Waals surface area contributed by atoms with Gasteiger partial charge in [-0.05, 0) is 24.3 Å². The summed E-state index contributed by atoms with van der Waals surface area (Å²) in [5.41, 5.74) is 1.20. The zero-order chi connectivity index (χ0) is 16.2. The quantitative estimate of drug-likeness (QED) is 0.938. The number of piperidine rings is 1. The van der Waals surface area contributed by atoms with Crippen LogP contribution in [0.15, 0.2) is 36.5 Å². The maximum Gasteiger partial charge on any atom is 0.265 e. The number of carbonyl (C=O) groups is 1. The lowest BCUT2D eigenvalue weighted by molar-refractivity contribution is 0.0362. The van der Waals surface area contributed by atoms with Gasteiger partial charge >= 0.3 is 0 Å². The molecule has 0 bridgehead atoms. The van der Waals surface area contributed by atoms with Crippen molar-refractivity contribution in [1.29, 1.82) is 0 Å². The first-order valence-corrected chi connectivity index (χ1v) is 8.91. The van der Waals surface area contributed by atoms with E-state index in [4.69, 9.17) is 0 Å². The van der Waals surface area contributed by atoms with Crippen LogP contribution in [0.1, 0.15) is 40.0 Å². The Morgan fingerprint density at radius 2 is 2.17 bits per heavy atom. The van der Waals surface area contributed by atoms with E-state index in [2.05, 4.69) is 24.0 Å². The molecular weight excluding hydrogens is 308 g/mol. The third kappa shape index (κ3) is 3.62. The third-order valence-electron chi connectivity index (χ3n) is 4.53. The van der Waals surface area contributed by atoms with E-state index in [0.29, 0.717) is 10.8 Å². The first kappa shape index (κ1) is 16.1. The van der Waals surface area contributed by atoms with Crippen molar-refractivity contribution in [2.24, 2.45) is 5.92 Å². The lowest BCUT2D eigenvalue weighted by Crippen LogP contribution is -2.49. The summed E-state index contributed by atoms with van der Waals surface area (Å²) in [6.07, 6.45) is 4.49. The minimum absolute atomic E-state index is 0.00686. The fourth-order valence-corrected chi connectivity index (χ4v) is 4.09. The van der Waals surface area contributed by atoms with Gasteiger partial charge in [0.2, 0.25) is 0 Å². The van der Waals surface area contributed by atoms with Crippen LogP contribution in [0.4, 0.5) is 0 Å². The number of amides is 1. The summed E-state index contributed by atoms with van der Waals surface area (Å²) in [4.78, 5) is 19.7. The van der Waals surface area contributed by atoms with Crippen LogP contribution in [0.3, 0.4) is 0 Å². The van der Waals surface area contributed by atoms with Crippen LogP contribution in [0.2, 0.25) is 0 Å². The smallest absolute Gasteiger partial charge is 0.265 e. The molecule has 4 nitrogen and oxygen atoms in total. The summed E-state index contributed by atoms with van der Waals surface area (Å²) in [7, 11) is 0. The Balaban J connectivity index is 1.73. The number of benzene rings is 1. The SMILES string of the molecule is CC1CCCN(C(=O)c2cnc(Cc3ccccc3)s2)C1CO. The predicted molar refractivity (Wildman–Crippen MR) is 91.7 cm³/mol. The molecule has 122 valence electrons. The van der Waals surface area contributed by atoms with E-state index in [9.17, 15) is 9.90 Å². The molecule has 2 atom stereocenters. The summed E-state index contributed by atoms with van der Waals surface area (Å²) >= 11 is 1.46. The average Bonchev–Trinajstić information content (AvgIpc) is 3.03. The van der Waals surface area contributed by atoms with E-state index >= 15 is 0 Å². The molecule has 3 rings (SSSR count). The van der Waals surface area contributed by atoms with Gasteiger partial charge in [-0.2, -0.15) is 0 Å². The van der Waals surface area contributed by atoms with Gasteiger partial charge in [-0.25, -0.2) is 4.98 Å². The molecule has 1 N–H and O–H groups in total. The highest BCUT2D eigenvalue weighted by Gasteiger charge is 2.32. The molecule has 0 aliphatic carbocycles. The van der Waals surface area contributed by atoms with Crippen LogP contribution < -0.4 is 0 Å². The van der Waals surface area contributed by atoms with Gasteiger partial charge in [-0.15, -0.1) is 11.3 Å². The molecule has 1 aromatic heterocycles. The lowest BCUT2D eigenvalue weighted by Gasteiger charge is -2.38. The number of rotatable bonds is 4. The maximum atomic E-state index is 12.8. The van der Waals surface area contributed by atoms with Crippen molar-refractivity contribution in [3.63, 3.8) is 0 Å². The number of carbonyl (C=O) groups excluding carboxylic acids is 1. The molecular formula is C18H22N2O2S. The van der Waals surface area contributed by atoms with Crippen molar-refractivity contribution in [3.8, 4) is 0 Å². The van der Waals surface area contributed by atoms with Crippen LogP contribution in [-0.2, 0) is 6.42 Å². The van der Waals surface area contributed by atoms with Crippen molar-refractivity contribution >= 4 is 17.2 Å². The number of thiazole rings is 1. The molecule has 1 aromatic carbocycles. The summed E-state index contributed by atoms with van der Waals surface area (Å²) < 4.78 is 0. The highest BCUT2D eigenvalue weighted by molar-refractivity contribution is 7.13. The van der Waals surface area contributed by atoms with Crippen LogP contribution in [-0.4, -0.2) is 40.1 Å². The van der Waals surface area contributed by atoms with E-state index < -0.39 is 0 Å². The second-order valence-corrected chi connectivity index (χ2v) is 7.26. The minimum Gasteiger partial charge on any atom is -0.394 e. The summed E-state index contributed by atoms with van der Waals surface area (Å²) in [5.74, 6) is 0.349. The van der Waals surface area contributed by atoms with Gasteiger partial charge in [0.25, 0.3) is 5.91 Å². The highest BCUT2D eigenvalue weighted by atomic mass is 32.1. The molecule has 0 radical (unpaired) electrons. The fraction of sp³-hybridized carbons (Fsp3) is 0.444. The zero-order valence-electron chi connectivity index (χ0n) is 13.3. The monoisotopic (exact) mass is 330 g/mol. The minimum atomic E-state index is -0.0732. The van der Waals surface area contributed by atoms with Crippen LogP contribution in [0, 0.1) is 5.92 Å². The third-order valence-corrected chi connectivity index (χ3v) is 5.51. The van der Waals surface area contributed by atoms with Gasteiger partial charge in [-0.1, -0.05) is 37.3 Å². The molecule has 23 heavy (non-hydrogen) atoms. The second-order valence-electron chi connectivity index (χ2n) is 6.15. The van der Waals surface area contributed by atoms with Gasteiger partial charge in [0.15, 0.2) is 0 Å². The first-order chi connectivity index (χ1) is 11.2. The van der Waals surface area contributed by atoms with Crippen molar-refractivity contribution in [3.05, 3.63) is 52.0 Å². The van der Waals surface area contributed by atoms with E-state index in [0.717, 1.165) is 30.8 Å². The number of hydrogen-bond acceptors (Lipinski definition) is 4. The number of likely N-dealkylation sites (tertiary alicyclic amines) is 1. The van der Waals surface area contributed by atoms with E-state index in [1.54, 1.807) is 6.20 Å². The van der Waals surface area contributed by atoms with E-state index in [1.807, 2.05) is 23.1 Å². The molecule has 5 heteroatoms. The van der Waals surface area contributed by atoms with Gasteiger partial charge in [0.1, 0.15) is 4.88 Å². The number of aliphatic hydroxyl groups excluding tert-OH is 1. The summed E-state index contributed by atoms with van der Waals surface area (Å²) in [6.45, 7) is 2.86. The molecule has 1 saturated heterocycles. The summed E-state index contributed by atoms with van der Waals surface area (Å²) in [6, 6.07) is 10.1. The van der Waals surface area contributed by atoms with E-state index in [-0.39, 0.29) is 18.6 Å². The molecule has 1 fully saturated rings. The normalized spacial score (nSPS) is 21.4. The van der Waals surface area contributed by atoms with Crippen LogP contribution in [0.25, 0.3) is 0 Å². The number of aromatic nitrogens is 1. The van der Waals surface area contributed by atoms with Crippen molar-refractivity contribution in [2.75, 3.05) is 13.2 Å². The Hall–Kier alpha value is -1.72. The van der Waals surface area contributed by atoms with Crippen molar-refractivity contribution in [1.82, 2.24) is 9.88 Å². The molecule has 1 aliphatic rings. The Kier molecular flexibility index (Phi) is 5.08. The topological polar surface area (TPSA) is 53.4 Å². The maximum absolute atomic E-state index is 12.8. The number of aliphatic hydroxyl groups is 1. The molecule has 0 saturated carbocycles. The zero-order valence-corrected chi connectivity index (χ0v) is 14.1. The predicted octanol–water partition coefficient (Wildman–Crippen LogP) is 2.97. The molecule has 0 spiro atoms. The van der Waals surface area contributed by atoms with Gasteiger partial charge in [0, 0.05) is 13.0 Å². The Morgan fingerprint density at radius 3 is 2.91 bits per heavy atom. The Morgan fingerprint density at radius 1 is 1.39 bits per heavy atom. The van der Waals surface area contributed by atoms with Gasteiger partial charge in [0.05, 0.1) is 23.9 Å². The van der Waals surface area contributed by atoms with Crippen LogP contribution in [0.5, 0.6) is 0 Å². The second kappa shape index (κ2) is 7.23.